The van der Waals surface area contributed by atoms with Crippen molar-refractivity contribution < 1.29 is 9.52 Å². The van der Waals surface area contributed by atoms with Crippen molar-refractivity contribution in [1.82, 2.24) is 14.7 Å². The molecular formula is C21H27N3O3. The lowest BCUT2D eigenvalue weighted by molar-refractivity contribution is 0.134. The van der Waals surface area contributed by atoms with Gasteiger partial charge in [0.2, 0.25) is 11.2 Å². The summed E-state index contributed by atoms with van der Waals surface area (Å²) in [5.41, 5.74) is 2.39. The van der Waals surface area contributed by atoms with E-state index in [9.17, 15) is 9.90 Å². The highest BCUT2D eigenvalue weighted by atomic mass is 16.4. The SMILES string of the molecule is CN1CCN(Cc2oc(CN3CCc4ccccc4C3)cc(=O)c2O)CC1. The van der Waals surface area contributed by atoms with Gasteiger partial charge in [0, 0.05) is 45.3 Å². The van der Waals surface area contributed by atoms with E-state index in [2.05, 4.69) is 46.0 Å². The van der Waals surface area contributed by atoms with Gasteiger partial charge in [-0.15, -0.1) is 0 Å². The maximum absolute atomic E-state index is 12.2. The molecule has 1 aromatic carbocycles. The van der Waals surface area contributed by atoms with Crippen LogP contribution < -0.4 is 5.43 Å². The molecule has 1 fully saturated rings. The molecule has 0 aliphatic carbocycles. The Hall–Kier alpha value is -2.15. The van der Waals surface area contributed by atoms with Gasteiger partial charge in [0.1, 0.15) is 5.76 Å². The molecule has 2 aliphatic heterocycles. The zero-order valence-electron chi connectivity index (χ0n) is 15.9. The highest BCUT2D eigenvalue weighted by Crippen LogP contribution is 2.22. The average molecular weight is 369 g/mol. The molecule has 1 aromatic heterocycles. The summed E-state index contributed by atoms with van der Waals surface area (Å²) in [6, 6.07) is 9.92. The standard InChI is InChI=1S/C21H27N3O3/c1-22-8-10-23(11-9-22)15-20-21(26)19(25)12-18(27-20)14-24-7-6-16-4-2-3-5-17(16)13-24/h2-5,12,26H,6-11,13-15H2,1H3. The van der Waals surface area contributed by atoms with E-state index in [1.807, 2.05) is 0 Å². The minimum atomic E-state index is -0.349. The van der Waals surface area contributed by atoms with Crippen LogP contribution in [0.4, 0.5) is 0 Å². The first kappa shape index (κ1) is 18.2. The van der Waals surface area contributed by atoms with Gasteiger partial charge in [0.25, 0.3) is 0 Å². The first-order chi connectivity index (χ1) is 13.1. The molecule has 6 nitrogen and oxygen atoms in total. The van der Waals surface area contributed by atoms with Gasteiger partial charge in [0.15, 0.2) is 5.76 Å². The van der Waals surface area contributed by atoms with Gasteiger partial charge in [-0.2, -0.15) is 0 Å². The Balaban J connectivity index is 1.47. The Morgan fingerprint density at radius 2 is 1.74 bits per heavy atom. The Kier molecular flexibility index (Phi) is 5.29. The van der Waals surface area contributed by atoms with Crippen LogP contribution in [0.2, 0.25) is 0 Å². The molecule has 4 rings (SSSR count). The number of rotatable bonds is 4. The van der Waals surface area contributed by atoms with Crippen molar-refractivity contribution >= 4 is 0 Å². The van der Waals surface area contributed by atoms with Crippen LogP contribution in [0.3, 0.4) is 0 Å². The summed E-state index contributed by atoms with van der Waals surface area (Å²) < 4.78 is 5.96. The predicted molar refractivity (Wildman–Crippen MR) is 104 cm³/mol. The van der Waals surface area contributed by atoms with Crippen LogP contribution in [0, 0.1) is 0 Å². The van der Waals surface area contributed by atoms with Crippen molar-refractivity contribution in [2.24, 2.45) is 0 Å². The van der Waals surface area contributed by atoms with Crippen LogP contribution >= 0.6 is 0 Å². The average Bonchev–Trinajstić information content (AvgIpc) is 2.67. The van der Waals surface area contributed by atoms with Crippen LogP contribution in [0.15, 0.2) is 39.5 Å². The third kappa shape index (κ3) is 4.24. The van der Waals surface area contributed by atoms with Crippen LogP contribution in [0.25, 0.3) is 0 Å². The van der Waals surface area contributed by atoms with E-state index in [0.29, 0.717) is 24.6 Å². The second-order valence-electron chi connectivity index (χ2n) is 7.66. The fourth-order valence-corrected chi connectivity index (χ4v) is 3.89. The molecule has 2 aliphatic rings. The van der Waals surface area contributed by atoms with Crippen molar-refractivity contribution in [1.29, 1.82) is 0 Å². The van der Waals surface area contributed by atoms with Gasteiger partial charge in [-0.1, -0.05) is 24.3 Å². The molecule has 0 unspecified atom stereocenters. The highest BCUT2D eigenvalue weighted by molar-refractivity contribution is 5.29. The Bertz CT molecular complexity index is 856. The Morgan fingerprint density at radius 1 is 1.00 bits per heavy atom. The summed E-state index contributed by atoms with van der Waals surface area (Å²) in [6.07, 6.45) is 1.01. The van der Waals surface area contributed by atoms with E-state index in [1.54, 1.807) is 0 Å². The molecular weight excluding hydrogens is 342 g/mol. The summed E-state index contributed by atoms with van der Waals surface area (Å²) in [5.74, 6) is 0.766. The van der Waals surface area contributed by atoms with Crippen molar-refractivity contribution in [2.45, 2.75) is 26.1 Å². The van der Waals surface area contributed by atoms with Gasteiger partial charge >= 0.3 is 0 Å². The lowest BCUT2D eigenvalue weighted by atomic mass is 10.00. The number of hydrogen-bond donors (Lipinski definition) is 1. The van der Waals surface area contributed by atoms with Crippen molar-refractivity contribution in [3.63, 3.8) is 0 Å². The maximum atomic E-state index is 12.2. The second kappa shape index (κ2) is 7.84. The topological polar surface area (TPSA) is 60.2 Å². The van der Waals surface area contributed by atoms with Crippen LogP contribution in [0.5, 0.6) is 5.75 Å². The lowest BCUT2D eigenvalue weighted by Crippen LogP contribution is -2.44. The number of piperazine rings is 1. The van der Waals surface area contributed by atoms with E-state index >= 15 is 0 Å². The van der Waals surface area contributed by atoms with Crippen LogP contribution in [-0.4, -0.2) is 59.6 Å². The number of nitrogens with zero attached hydrogens (tertiary/aromatic N) is 3. The molecule has 0 bridgehead atoms. The monoisotopic (exact) mass is 369 g/mol. The molecule has 2 aromatic rings. The molecule has 0 spiro atoms. The molecule has 144 valence electrons. The molecule has 6 heteroatoms. The summed E-state index contributed by atoms with van der Waals surface area (Å²) in [6.45, 7) is 6.64. The smallest absolute Gasteiger partial charge is 0.227 e. The maximum Gasteiger partial charge on any atom is 0.227 e. The lowest BCUT2D eigenvalue weighted by Gasteiger charge is -2.32. The van der Waals surface area contributed by atoms with E-state index in [0.717, 1.165) is 45.7 Å². The quantitative estimate of drug-likeness (QED) is 0.884. The third-order valence-electron chi connectivity index (χ3n) is 5.60. The summed E-state index contributed by atoms with van der Waals surface area (Å²) in [4.78, 5) is 19.0. The fraction of sp³-hybridized carbons (Fsp3) is 0.476. The summed E-state index contributed by atoms with van der Waals surface area (Å²) >= 11 is 0. The minimum Gasteiger partial charge on any atom is -0.502 e. The van der Waals surface area contributed by atoms with Crippen molar-refractivity contribution in [3.8, 4) is 5.75 Å². The largest absolute Gasteiger partial charge is 0.502 e. The predicted octanol–water partition coefficient (Wildman–Crippen LogP) is 1.65. The number of hydrogen-bond acceptors (Lipinski definition) is 6. The molecule has 0 amide bonds. The van der Waals surface area contributed by atoms with Gasteiger partial charge in [-0.05, 0) is 24.6 Å². The van der Waals surface area contributed by atoms with Gasteiger partial charge in [-0.3, -0.25) is 14.6 Å². The number of fused-ring (bicyclic) bond motifs is 1. The molecule has 0 saturated carbocycles. The molecule has 1 N–H and O–H groups in total. The molecule has 3 heterocycles. The number of likely N-dealkylation sites (N-methyl/N-ethyl adjacent to an activating group) is 1. The molecule has 0 atom stereocenters. The van der Waals surface area contributed by atoms with E-state index in [-0.39, 0.29) is 11.2 Å². The minimum absolute atomic E-state index is 0.248. The fourth-order valence-electron chi connectivity index (χ4n) is 3.89. The Morgan fingerprint density at radius 3 is 2.52 bits per heavy atom. The molecule has 0 radical (unpaired) electrons. The molecule has 27 heavy (non-hydrogen) atoms. The van der Waals surface area contributed by atoms with Gasteiger partial charge in [0.05, 0.1) is 13.1 Å². The summed E-state index contributed by atoms with van der Waals surface area (Å²) in [5, 5.41) is 10.2. The van der Waals surface area contributed by atoms with Crippen molar-refractivity contribution in [2.75, 3.05) is 39.8 Å². The summed E-state index contributed by atoms with van der Waals surface area (Å²) in [7, 11) is 2.10. The first-order valence-corrected chi connectivity index (χ1v) is 9.63. The van der Waals surface area contributed by atoms with Crippen LogP contribution in [-0.2, 0) is 26.1 Å². The molecule has 1 saturated heterocycles. The van der Waals surface area contributed by atoms with Gasteiger partial charge in [-0.25, -0.2) is 0 Å². The third-order valence-corrected chi connectivity index (χ3v) is 5.60. The van der Waals surface area contributed by atoms with Crippen molar-refractivity contribution in [3.05, 3.63) is 63.2 Å². The van der Waals surface area contributed by atoms with E-state index < -0.39 is 0 Å². The second-order valence-corrected chi connectivity index (χ2v) is 7.66. The van der Waals surface area contributed by atoms with E-state index in [4.69, 9.17) is 4.42 Å². The van der Waals surface area contributed by atoms with Gasteiger partial charge < -0.3 is 14.4 Å². The van der Waals surface area contributed by atoms with E-state index in [1.165, 1.54) is 17.2 Å². The highest BCUT2D eigenvalue weighted by Gasteiger charge is 2.21. The Labute approximate surface area is 159 Å². The zero-order valence-corrected chi connectivity index (χ0v) is 15.9. The first-order valence-electron chi connectivity index (χ1n) is 9.63. The number of benzene rings is 1. The zero-order chi connectivity index (χ0) is 18.8. The normalized spacial score (nSPS) is 19.1. The van der Waals surface area contributed by atoms with Crippen LogP contribution in [0.1, 0.15) is 22.6 Å². The number of aromatic hydroxyl groups is 1.